The maximum atomic E-state index is 12.4. The second-order valence-corrected chi connectivity index (χ2v) is 7.04. The van der Waals surface area contributed by atoms with Gasteiger partial charge in [0.2, 0.25) is 0 Å². The average molecular weight is 413 g/mol. The van der Waals surface area contributed by atoms with Crippen LogP contribution in [0.3, 0.4) is 0 Å². The lowest BCUT2D eigenvalue weighted by molar-refractivity contribution is -0.147. The number of nitrogens with one attached hydrogen (secondary N) is 1. The van der Waals surface area contributed by atoms with Crippen molar-refractivity contribution in [1.29, 1.82) is 0 Å². The Morgan fingerprint density at radius 2 is 1.90 bits per heavy atom. The number of amides is 1. The van der Waals surface area contributed by atoms with Crippen molar-refractivity contribution in [2.75, 3.05) is 24.8 Å². The van der Waals surface area contributed by atoms with Crippen LogP contribution in [-0.2, 0) is 26.6 Å². The number of para-hydroxylation sites is 4. The molecule has 8 heteroatoms. The molecule has 0 aliphatic rings. The first-order chi connectivity index (χ1) is 14.1. The molecule has 0 atom stereocenters. The van der Waals surface area contributed by atoms with Crippen LogP contribution in [0.1, 0.15) is 12.7 Å². The summed E-state index contributed by atoms with van der Waals surface area (Å²) in [6.07, 6.45) is 1.98. The summed E-state index contributed by atoms with van der Waals surface area (Å²) >= 11 is 1.62. The molecule has 3 aromatic rings. The van der Waals surface area contributed by atoms with Gasteiger partial charge in [-0.05, 0) is 37.4 Å². The monoisotopic (exact) mass is 413 g/mol. The van der Waals surface area contributed by atoms with E-state index in [2.05, 4.69) is 10.3 Å². The smallest absolute Gasteiger partial charge is 0.326 e. The van der Waals surface area contributed by atoms with Crippen molar-refractivity contribution in [1.82, 2.24) is 9.55 Å². The highest BCUT2D eigenvalue weighted by Gasteiger charge is 2.15. The zero-order chi connectivity index (χ0) is 20.6. The Morgan fingerprint density at radius 3 is 2.69 bits per heavy atom. The van der Waals surface area contributed by atoms with Crippen LogP contribution in [0.4, 0.5) is 5.69 Å². The molecule has 2 aromatic carbocycles. The van der Waals surface area contributed by atoms with Crippen LogP contribution < -0.4 is 10.1 Å². The van der Waals surface area contributed by atoms with E-state index in [4.69, 9.17) is 9.47 Å². The molecule has 0 aliphatic carbocycles. The Bertz CT molecular complexity index is 1000. The van der Waals surface area contributed by atoms with Gasteiger partial charge in [0, 0.05) is 0 Å². The van der Waals surface area contributed by atoms with E-state index in [-0.39, 0.29) is 13.2 Å². The minimum absolute atomic E-state index is 0.000774. The van der Waals surface area contributed by atoms with Crippen LogP contribution in [0.15, 0.2) is 48.5 Å². The molecule has 0 fully saturated rings. The SMILES string of the molecule is CCOc1ccccc1NC(=O)COC(=O)Cn1c(CSC)nc2ccccc21. The second-order valence-electron chi connectivity index (χ2n) is 6.17. The standard InChI is InChI=1S/C21H23N3O4S/c1-3-27-18-11-7-5-9-16(18)23-20(25)13-28-21(26)12-24-17-10-6-4-8-15(17)22-19(24)14-29-2/h4-11H,3,12-14H2,1-2H3,(H,23,25). The number of carbonyl (C=O) groups excluding carboxylic acids is 2. The maximum Gasteiger partial charge on any atom is 0.326 e. The van der Waals surface area contributed by atoms with Crippen LogP contribution in [0, 0.1) is 0 Å². The Balaban J connectivity index is 1.61. The van der Waals surface area contributed by atoms with Crippen molar-refractivity contribution < 1.29 is 19.1 Å². The van der Waals surface area contributed by atoms with Gasteiger partial charge in [-0.1, -0.05) is 24.3 Å². The first-order valence-electron chi connectivity index (χ1n) is 9.22. The van der Waals surface area contributed by atoms with Gasteiger partial charge in [0.05, 0.1) is 29.1 Å². The quantitative estimate of drug-likeness (QED) is 0.541. The fourth-order valence-electron chi connectivity index (χ4n) is 2.90. The van der Waals surface area contributed by atoms with Crippen molar-refractivity contribution in [2.24, 2.45) is 0 Å². The van der Waals surface area contributed by atoms with E-state index >= 15 is 0 Å². The molecule has 1 amide bonds. The number of rotatable bonds is 9. The molecule has 0 unspecified atom stereocenters. The zero-order valence-corrected chi connectivity index (χ0v) is 17.2. The van der Waals surface area contributed by atoms with E-state index in [9.17, 15) is 9.59 Å². The second kappa shape index (κ2) is 9.97. The van der Waals surface area contributed by atoms with E-state index in [1.165, 1.54) is 0 Å². The molecule has 1 N–H and O–H groups in total. The number of anilines is 1. The molecule has 0 spiro atoms. The molecule has 1 heterocycles. The van der Waals surface area contributed by atoms with E-state index in [1.807, 2.05) is 48.1 Å². The highest BCUT2D eigenvalue weighted by atomic mass is 32.2. The number of benzene rings is 2. The molecule has 3 rings (SSSR count). The number of hydrogen-bond donors (Lipinski definition) is 1. The van der Waals surface area contributed by atoms with Crippen molar-refractivity contribution in [3.05, 3.63) is 54.4 Å². The number of nitrogens with zero attached hydrogens (tertiary/aromatic N) is 2. The van der Waals surface area contributed by atoms with Gasteiger partial charge in [-0.3, -0.25) is 9.59 Å². The van der Waals surface area contributed by atoms with Crippen LogP contribution in [-0.4, -0.2) is 40.9 Å². The molecule has 0 aliphatic heterocycles. The highest BCUT2D eigenvalue weighted by molar-refractivity contribution is 7.97. The molecule has 7 nitrogen and oxygen atoms in total. The summed E-state index contributed by atoms with van der Waals surface area (Å²) < 4.78 is 12.5. The van der Waals surface area contributed by atoms with E-state index < -0.39 is 11.9 Å². The topological polar surface area (TPSA) is 82.5 Å². The molecule has 1 aromatic heterocycles. The lowest BCUT2D eigenvalue weighted by atomic mass is 10.3. The van der Waals surface area contributed by atoms with Crippen molar-refractivity contribution in [2.45, 2.75) is 19.2 Å². The van der Waals surface area contributed by atoms with Gasteiger partial charge < -0.3 is 19.4 Å². The van der Waals surface area contributed by atoms with E-state index in [0.717, 1.165) is 16.9 Å². The number of carbonyl (C=O) groups is 2. The molecule has 0 saturated carbocycles. The Morgan fingerprint density at radius 1 is 1.14 bits per heavy atom. The Hall–Kier alpha value is -3.00. The van der Waals surface area contributed by atoms with Gasteiger partial charge in [-0.2, -0.15) is 11.8 Å². The summed E-state index contributed by atoms with van der Waals surface area (Å²) in [4.78, 5) is 29.1. The molecule has 0 bridgehead atoms. The largest absolute Gasteiger partial charge is 0.492 e. The minimum Gasteiger partial charge on any atom is -0.492 e. The Kier molecular flexibility index (Phi) is 7.13. The fraction of sp³-hybridized carbons (Fsp3) is 0.286. The summed E-state index contributed by atoms with van der Waals surface area (Å²) in [6.45, 7) is 1.98. The van der Waals surface area contributed by atoms with Crippen LogP contribution in [0.2, 0.25) is 0 Å². The lowest BCUT2D eigenvalue weighted by Gasteiger charge is -2.12. The Labute approximate surface area is 173 Å². The number of imidazole rings is 1. The number of fused-ring (bicyclic) bond motifs is 1. The third-order valence-electron chi connectivity index (χ3n) is 4.12. The van der Waals surface area contributed by atoms with Crippen molar-refractivity contribution in [3.8, 4) is 5.75 Å². The maximum absolute atomic E-state index is 12.4. The van der Waals surface area contributed by atoms with Gasteiger partial charge in [0.25, 0.3) is 5.91 Å². The third-order valence-corrected chi connectivity index (χ3v) is 4.67. The summed E-state index contributed by atoms with van der Waals surface area (Å²) in [5.41, 5.74) is 2.23. The number of esters is 1. The van der Waals surface area contributed by atoms with Gasteiger partial charge in [0.1, 0.15) is 18.1 Å². The number of thioether (sulfide) groups is 1. The molecule has 0 saturated heterocycles. The lowest BCUT2D eigenvalue weighted by Crippen LogP contribution is -2.23. The first kappa shape index (κ1) is 20.7. The zero-order valence-electron chi connectivity index (χ0n) is 16.4. The molecular weight excluding hydrogens is 390 g/mol. The predicted molar refractivity (Wildman–Crippen MR) is 114 cm³/mol. The number of hydrogen-bond acceptors (Lipinski definition) is 6. The van der Waals surface area contributed by atoms with Crippen molar-refractivity contribution >= 4 is 40.4 Å². The number of aromatic nitrogens is 2. The van der Waals surface area contributed by atoms with Gasteiger partial charge in [0.15, 0.2) is 6.61 Å². The third kappa shape index (κ3) is 5.29. The normalized spacial score (nSPS) is 10.7. The highest BCUT2D eigenvalue weighted by Crippen LogP contribution is 2.23. The summed E-state index contributed by atoms with van der Waals surface area (Å²) in [6, 6.07) is 14.7. The summed E-state index contributed by atoms with van der Waals surface area (Å²) in [5, 5.41) is 2.71. The van der Waals surface area contributed by atoms with Crippen molar-refractivity contribution in [3.63, 3.8) is 0 Å². The van der Waals surface area contributed by atoms with E-state index in [0.29, 0.717) is 23.8 Å². The number of ether oxygens (including phenoxy) is 2. The summed E-state index contributed by atoms with van der Waals surface area (Å²) in [7, 11) is 0. The molecule has 152 valence electrons. The predicted octanol–water partition coefficient (Wildman–Crippen LogP) is 3.48. The van der Waals surface area contributed by atoms with E-state index in [1.54, 1.807) is 30.0 Å². The van der Waals surface area contributed by atoms with Crippen LogP contribution in [0.5, 0.6) is 5.75 Å². The first-order valence-corrected chi connectivity index (χ1v) is 10.6. The van der Waals surface area contributed by atoms with Gasteiger partial charge >= 0.3 is 5.97 Å². The molecule has 29 heavy (non-hydrogen) atoms. The summed E-state index contributed by atoms with van der Waals surface area (Å²) in [5.74, 6) is 1.12. The van der Waals surface area contributed by atoms with Crippen LogP contribution >= 0.6 is 11.8 Å². The fourth-order valence-corrected chi connectivity index (χ4v) is 3.38. The average Bonchev–Trinajstić information content (AvgIpc) is 3.06. The minimum atomic E-state index is -0.497. The molecule has 0 radical (unpaired) electrons. The van der Waals surface area contributed by atoms with Crippen LogP contribution in [0.25, 0.3) is 11.0 Å². The van der Waals surface area contributed by atoms with Gasteiger partial charge in [-0.25, -0.2) is 4.98 Å². The molecular formula is C21H23N3O4S. The van der Waals surface area contributed by atoms with Gasteiger partial charge in [-0.15, -0.1) is 0 Å².